The summed E-state index contributed by atoms with van der Waals surface area (Å²) < 4.78 is 5.30. The first-order valence-electron chi connectivity index (χ1n) is 7.78. The quantitative estimate of drug-likeness (QED) is 0.834. The summed E-state index contributed by atoms with van der Waals surface area (Å²) in [7, 11) is 0. The minimum Gasteiger partial charge on any atom is -0.464 e. The summed E-state index contributed by atoms with van der Waals surface area (Å²) in [5.74, 6) is -0.260. The van der Waals surface area contributed by atoms with Gasteiger partial charge < -0.3 is 4.74 Å². The second kappa shape index (κ2) is 7.28. The maximum Gasteiger partial charge on any atom is 0.330 e. The van der Waals surface area contributed by atoms with Gasteiger partial charge in [0.05, 0.1) is 6.61 Å². The molecule has 1 fully saturated rings. The number of hydrogen-bond donors (Lipinski definition) is 1. The van der Waals surface area contributed by atoms with Crippen molar-refractivity contribution in [2.75, 3.05) is 6.61 Å². The lowest BCUT2D eigenvalue weighted by Crippen LogP contribution is -2.52. The third-order valence-electron chi connectivity index (χ3n) is 4.19. The van der Waals surface area contributed by atoms with Crippen LogP contribution in [0, 0.1) is 0 Å². The van der Waals surface area contributed by atoms with Crippen LogP contribution in [-0.2, 0) is 15.1 Å². The molecule has 1 aliphatic carbocycles. The van der Waals surface area contributed by atoms with E-state index in [2.05, 4.69) is 5.32 Å². The molecular formula is C17H24ClNO2. The fraction of sp³-hybridized carbons (Fsp3) is 0.588. The van der Waals surface area contributed by atoms with E-state index in [9.17, 15) is 4.79 Å². The zero-order chi connectivity index (χ0) is 15.3. The number of nitrogens with one attached hydrogen (secondary N) is 1. The molecule has 1 aromatic rings. The van der Waals surface area contributed by atoms with Gasteiger partial charge in [0.1, 0.15) is 5.54 Å². The third kappa shape index (κ3) is 3.78. The van der Waals surface area contributed by atoms with Crippen molar-refractivity contribution < 1.29 is 9.53 Å². The Hall–Kier alpha value is -1.06. The average Bonchev–Trinajstić information content (AvgIpc) is 2.48. The first-order chi connectivity index (χ1) is 10.1. The summed E-state index contributed by atoms with van der Waals surface area (Å²) in [6.45, 7) is 4.07. The average molecular weight is 310 g/mol. The molecule has 0 aliphatic heterocycles. The van der Waals surface area contributed by atoms with E-state index in [1.165, 1.54) is 19.3 Å². The lowest BCUT2D eigenvalue weighted by molar-refractivity contribution is -0.151. The number of carbonyl (C=O) groups is 1. The molecule has 0 bridgehead atoms. The molecule has 0 radical (unpaired) electrons. The maximum atomic E-state index is 12.5. The zero-order valence-corrected chi connectivity index (χ0v) is 13.6. The molecule has 3 nitrogen and oxygen atoms in total. The molecule has 1 saturated carbocycles. The number of carbonyl (C=O) groups excluding carboxylic acids is 1. The molecule has 0 heterocycles. The molecule has 116 valence electrons. The van der Waals surface area contributed by atoms with Crippen molar-refractivity contribution in [1.82, 2.24) is 5.32 Å². The van der Waals surface area contributed by atoms with E-state index in [1.54, 1.807) is 0 Å². The van der Waals surface area contributed by atoms with Crippen molar-refractivity contribution >= 4 is 17.6 Å². The van der Waals surface area contributed by atoms with Gasteiger partial charge in [0.2, 0.25) is 0 Å². The molecule has 1 unspecified atom stereocenters. The number of hydrogen-bond acceptors (Lipinski definition) is 3. The predicted molar refractivity (Wildman–Crippen MR) is 85.4 cm³/mol. The molecule has 0 aromatic heterocycles. The minimum atomic E-state index is -0.893. The van der Waals surface area contributed by atoms with Crippen molar-refractivity contribution in [3.63, 3.8) is 0 Å². The normalized spacial score (nSPS) is 19.0. The Kier molecular flexibility index (Phi) is 5.65. The monoisotopic (exact) mass is 309 g/mol. The van der Waals surface area contributed by atoms with Gasteiger partial charge in [0.15, 0.2) is 0 Å². The summed E-state index contributed by atoms with van der Waals surface area (Å²) in [6, 6.07) is 7.83. The smallest absolute Gasteiger partial charge is 0.330 e. The van der Waals surface area contributed by atoms with Crippen LogP contribution in [0.4, 0.5) is 0 Å². The van der Waals surface area contributed by atoms with Gasteiger partial charge in [-0.2, -0.15) is 0 Å². The van der Waals surface area contributed by atoms with Crippen LogP contribution in [0.1, 0.15) is 51.5 Å². The van der Waals surface area contributed by atoms with Gasteiger partial charge >= 0.3 is 5.97 Å². The van der Waals surface area contributed by atoms with E-state index in [4.69, 9.17) is 16.3 Å². The van der Waals surface area contributed by atoms with Gasteiger partial charge in [-0.1, -0.05) is 49.1 Å². The molecule has 1 aliphatic rings. The molecule has 4 heteroatoms. The standard InChI is InChI=1S/C17H24ClNO2/c1-3-21-16(20)17(2,14-11-7-8-12-15(14)18)19-13-9-5-4-6-10-13/h7-8,11-13,19H,3-6,9-10H2,1-2H3. The Balaban J connectivity index is 2.29. The molecule has 0 amide bonds. The number of rotatable bonds is 5. The summed E-state index contributed by atoms with van der Waals surface area (Å²) >= 11 is 6.32. The first-order valence-corrected chi connectivity index (χ1v) is 8.15. The Morgan fingerprint density at radius 2 is 2.00 bits per heavy atom. The Labute approximate surface area is 132 Å². The van der Waals surface area contributed by atoms with Crippen LogP contribution in [0.2, 0.25) is 5.02 Å². The predicted octanol–water partition coefficient (Wildman–Crippen LogP) is 4.04. The summed E-state index contributed by atoms with van der Waals surface area (Å²) in [5.41, 5.74) is -0.105. The van der Waals surface area contributed by atoms with Gasteiger partial charge in [0.25, 0.3) is 0 Å². The molecule has 2 rings (SSSR count). The van der Waals surface area contributed by atoms with E-state index in [1.807, 2.05) is 38.1 Å². The highest BCUT2D eigenvalue weighted by Gasteiger charge is 2.40. The molecule has 1 aromatic carbocycles. The van der Waals surface area contributed by atoms with Crippen LogP contribution in [0.25, 0.3) is 0 Å². The van der Waals surface area contributed by atoms with Crippen LogP contribution >= 0.6 is 11.6 Å². The fourth-order valence-electron chi connectivity index (χ4n) is 3.04. The zero-order valence-electron chi connectivity index (χ0n) is 12.8. The number of benzene rings is 1. The van der Waals surface area contributed by atoms with Crippen LogP contribution in [-0.4, -0.2) is 18.6 Å². The van der Waals surface area contributed by atoms with Gasteiger partial charge in [-0.3, -0.25) is 5.32 Å². The van der Waals surface area contributed by atoms with E-state index < -0.39 is 5.54 Å². The Morgan fingerprint density at radius 3 is 2.62 bits per heavy atom. The highest BCUT2D eigenvalue weighted by Crippen LogP contribution is 2.31. The Morgan fingerprint density at radius 1 is 1.33 bits per heavy atom. The molecular weight excluding hydrogens is 286 g/mol. The van der Waals surface area contributed by atoms with Crippen molar-refractivity contribution in [1.29, 1.82) is 0 Å². The highest BCUT2D eigenvalue weighted by molar-refractivity contribution is 6.31. The van der Waals surface area contributed by atoms with Gasteiger partial charge in [-0.15, -0.1) is 0 Å². The second-order valence-electron chi connectivity index (χ2n) is 5.80. The van der Waals surface area contributed by atoms with Crippen molar-refractivity contribution in [3.05, 3.63) is 34.9 Å². The van der Waals surface area contributed by atoms with E-state index >= 15 is 0 Å². The summed E-state index contributed by atoms with van der Waals surface area (Å²) in [6.07, 6.45) is 5.89. The molecule has 1 N–H and O–H groups in total. The molecule has 0 saturated heterocycles. The van der Waals surface area contributed by atoms with E-state index in [0.29, 0.717) is 17.7 Å². The highest BCUT2D eigenvalue weighted by atomic mass is 35.5. The number of ether oxygens (including phenoxy) is 1. The molecule has 1 atom stereocenters. The van der Waals surface area contributed by atoms with Gasteiger partial charge in [-0.25, -0.2) is 4.79 Å². The molecule has 21 heavy (non-hydrogen) atoms. The van der Waals surface area contributed by atoms with Crippen LogP contribution in [0.15, 0.2) is 24.3 Å². The van der Waals surface area contributed by atoms with Crippen molar-refractivity contribution in [3.8, 4) is 0 Å². The van der Waals surface area contributed by atoms with E-state index in [0.717, 1.165) is 18.4 Å². The minimum absolute atomic E-state index is 0.260. The Bertz CT molecular complexity index is 485. The van der Waals surface area contributed by atoms with Crippen molar-refractivity contribution in [2.45, 2.75) is 57.5 Å². The summed E-state index contributed by atoms with van der Waals surface area (Å²) in [5, 5.41) is 4.11. The lowest BCUT2D eigenvalue weighted by atomic mass is 9.87. The van der Waals surface area contributed by atoms with Crippen LogP contribution in [0.3, 0.4) is 0 Å². The van der Waals surface area contributed by atoms with Crippen LogP contribution in [0.5, 0.6) is 0 Å². The van der Waals surface area contributed by atoms with Crippen LogP contribution < -0.4 is 5.32 Å². The number of esters is 1. The number of halogens is 1. The SMILES string of the molecule is CCOC(=O)C(C)(NC1CCCCC1)c1ccccc1Cl. The van der Waals surface area contributed by atoms with Gasteiger partial charge in [0, 0.05) is 16.6 Å². The first kappa shape index (κ1) is 16.3. The lowest BCUT2D eigenvalue weighted by Gasteiger charge is -2.35. The second-order valence-corrected chi connectivity index (χ2v) is 6.21. The van der Waals surface area contributed by atoms with Gasteiger partial charge in [-0.05, 0) is 32.8 Å². The molecule has 0 spiro atoms. The maximum absolute atomic E-state index is 12.5. The third-order valence-corrected chi connectivity index (χ3v) is 4.52. The largest absolute Gasteiger partial charge is 0.464 e. The summed E-state index contributed by atoms with van der Waals surface area (Å²) in [4.78, 5) is 12.5. The van der Waals surface area contributed by atoms with Crippen molar-refractivity contribution in [2.24, 2.45) is 0 Å². The fourth-order valence-corrected chi connectivity index (χ4v) is 3.37. The van der Waals surface area contributed by atoms with E-state index in [-0.39, 0.29) is 5.97 Å². The topological polar surface area (TPSA) is 38.3 Å².